The zero-order valence-corrected chi connectivity index (χ0v) is 21.2. The van der Waals surface area contributed by atoms with Crippen molar-refractivity contribution in [1.29, 1.82) is 0 Å². The second kappa shape index (κ2) is 9.56. The van der Waals surface area contributed by atoms with Crippen LogP contribution < -0.4 is 5.32 Å². The molecule has 1 fully saturated rings. The van der Waals surface area contributed by atoms with E-state index in [-0.39, 0.29) is 22.6 Å². The number of anilines is 1. The normalized spacial score (nSPS) is 16.2. The molecule has 2 aromatic carbocycles. The van der Waals surface area contributed by atoms with Gasteiger partial charge in [0, 0.05) is 18.8 Å². The SMILES string of the molecule is CCN(CC)S(=O)(=O)c1cc(C)c(C)c(NC(=O)C2(S(=O)(=O)c3ccccc3)CCCC2)c1. The molecule has 1 aliphatic rings. The smallest absolute Gasteiger partial charge is 0.246 e. The molecule has 1 amide bonds. The monoisotopic (exact) mass is 492 g/mol. The number of sulfonamides is 1. The van der Waals surface area contributed by atoms with Crippen molar-refractivity contribution in [2.45, 2.75) is 67.9 Å². The van der Waals surface area contributed by atoms with Crippen LogP contribution in [0.3, 0.4) is 0 Å². The van der Waals surface area contributed by atoms with Gasteiger partial charge in [-0.1, -0.05) is 44.9 Å². The molecule has 0 heterocycles. The first-order chi connectivity index (χ1) is 15.5. The zero-order chi connectivity index (χ0) is 24.4. The van der Waals surface area contributed by atoms with E-state index >= 15 is 0 Å². The molecule has 0 spiro atoms. The lowest BCUT2D eigenvalue weighted by Gasteiger charge is -2.28. The van der Waals surface area contributed by atoms with Crippen molar-refractivity contribution in [2.75, 3.05) is 18.4 Å². The molecule has 3 rings (SSSR count). The van der Waals surface area contributed by atoms with Gasteiger partial charge in [-0.15, -0.1) is 0 Å². The summed E-state index contributed by atoms with van der Waals surface area (Å²) in [6.07, 6.45) is 1.72. The molecule has 0 aromatic heterocycles. The Morgan fingerprint density at radius 3 is 2.06 bits per heavy atom. The maximum atomic E-state index is 13.6. The topological polar surface area (TPSA) is 101 Å². The molecule has 33 heavy (non-hydrogen) atoms. The minimum absolute atomic E-state index is 0.0796. The lowest BCUT2D eigenvalue weighted by atomic mass is 10.0. The second-order valence-corrected chi connectivity index (χ2v) is 12.7. The molecule has 0 radical (unpaired) electrons. The largest absolute Gasteiger partial charge is 0.324 e. The highest BCUT2D eigenvalue weighted by Gasteiger charge is 2.53. The molecule has 7 nitrogen and oxygen atoms in total. The van der Waals surface area contributed by atoms with Crippen molar-refractivity contribution in [3.63, 3.8) is 0 Å². The van der Waals surface area contributed by atoms with E-state index in [1.165, 1.54) is 22.5 Å². The first-order valence-corrected chi connectivity index (χ1v) is 14.2. The van der Waals surface area contributed by atoms with Gasteiger partial charge in [0.1, 0.15) is 0 Å². The summed E-state index contributed by atoms with van der Waals surface area (Å²) in [6.45, 7) is 7.74. The summed E-state index contributed by atoms with van der Waals surface area (Å²) < 4.78 is 53.1. The molecule has 9 heteroatoms. The summed E-state index contributed by atoms with van der Waals surface area (Å²) >= 11 is 0. The third-order valence-corrected chi connectivity index (χ3v) is 11.2. The van der Waals surface area contributed by atoms with Crippen LogP contribution in [-0.4, -0.2) is 44.9 Å². The Morgan fingerprint density at radius 2 is 1.52 bits per heavy atom. The molecule has 0 saturated heterocycles. The number of nitrogens with zero attached hydrogens (tertiary/aromatic N) is 1. The highest BCUT2D eigenvalue weighted by Crippen LogP contribution is 2.42. The minimum atomic E-state index is -3.94. The number of carbonyl (C=O) groups is 1. The Balaban J connectivity index is 2.05. The van der Waals surface area contributed by atoms with Crippen LogP contribution in [0.25, 0.3) is 0 Å². The van der Waals surface area contributed by atoms with Crippen LogP contribution in [0.4, 0.5) is 5.69 Å². The second-order valence-electron chi connectivity index (χ2n) is 8.47. The molecule has 180 valence electrons. The Kier molecular flexibility index (Phi) is 7.36. The van der Waals surface area contributed by atoms with Crippen molar-refractivity contribution in [3.8, 4) is 0 Å². The molecule has 1 N–H and O–H groups in total. The van der Waals surface area contributed by atoms with E-state index in [9.17, 15) is 21.6 Å². The quantitative estimate of drug-likeness (QED) is 0.599. The number of sulfone groups is 1. The molecule has 2 aromatic rings. The van der Waals surface area contributed by atoms with Gasteiger partial charge in [0.2, 0.25) is 15.9 Å². The van der Waals surface area contributed by atoms with Crippen LogP contribution in [-0.2, 0) is 24.7 Å². The first kappa shape index (κ1) is 25.4. The van der Waals surface area contributed by atoms with Gasteiger partial charge in [-0.05, 0) is 62.1 Å². The van der Waals surface area contributed by atoms with Gasteiger partial charge in [-0.2, -0.15) is 4.31 Å². The summed E-state index contributed by atoms with van der Waals surface area (Å²) in [7, 11) is -7.68. The third-order valence-electron chi connectivity index (χ3n) is 6.63. The van der Waals surface area contributed by atoms with Gasteiger partial charge < -0.3 is 5.32 Å². The number of nitrogens with one attached hydrogen (secondary N) is 1. The molecule has 1 aliphatic carbocycles. The van der Waals surface area contributed by atoms with Crippen LogP contribution in [0.2, 0.25) is 0 Å². The lowest BCUT2D eigenvalue weighted by molar-refractivity contribution is -0.118. The minimum Gasteiger partial charge on any atom is -0.324 e. The van der Waals surface area contributed by atoms with Crippen LogP contribution in [0.1, 0.15) is 50.7 Å². The van der Waals surface area contributed by atoms with Crippen molar-refractivity contribution in [1.82, 2.24) is 4.31 Å². The van der Waals surface area contributed by atoms with Crippen LogP contribution >= 0.6 is 0 Å². The van der Waals surface area contributed by atoms with E-state index in [4.69, 9.17) is 0 Å². The van der Waals surface area contributed by atoms with Crippen LogP contribution in [0.5, 0.6) is 0 Å². The number of hydrogen-bond acceptors (Lipinski definition) is 5. The summed E-state index contributed by atoms with van der Waals surface area (Å²) in [4.78, 5) is 13.8. The number of rotatable bonds is 8. The Labute approximate surface area is 197 Å². The van der Waals surface area contributed by atoms with Crippen molar-refractivity contribution in [3.05, 3.63) is 53.6 Å². The van der Waals surface area contributed by atoms with Crippen molar-refractivity contribution in [2.24, 2.45) is 0 Å². The highest BCUT2D eigenvalue weighted by molar-refractivity contribution is 7.93. The lowest BCUT2D eigenvalue weighted by Crippen LogP contribution is -2.47. The standard InChI is InChI=1S/C24H32N2O5S2/c1-5-26(6-2)33(30,31)21-16-18(3)19(4)22(17-21)25-23(27)24(14-10-11-15-24)32(28,29)20-12-8-7-9-13-20/h7-9,12-13,16-17H,5-6,10-11,14-15H2,1-4H3,(H,25,27). The predicted molar refractivity (Wildman–Crippen MR) is 129 cm³/mol. The molecule has 0 unspecified atom stereocenters. The summed E-state index contributed by atoms with van der Waals surface area (Å²) in [5.41, 5.74) is 1.72. The fourth-order valence-corrected chi connectivity index (χ4v) is 8.10. The maximum absolute atomic E-state index is 13.6. The van der Waals surface area contributed by atoms with Gasteiger partial charge in [-0.3, -0.25) is 4.79 Å². The van der Waals surface area contributed by atoms with E-state index in [2.05, 4.69) is 5.32 Å². The summed E-state index contributed by atoms with van der Waals surface area (Å²) in [5.74, 6) is -0.608. The van der Waals surface area contributed by atoms with Gasteiger partial charge in [-0.25, -0.2) is 16.8 Å². The van der Waals surface area contributed by atoms with Gasteiger partial charge in [0.05, 0.1) is 9.79 Å². The van der Waals surface area contributed by atoms with E-state index in [0.717, 1.165) is 0 Å². The Morgan fingerprint density at radius 1 is 0.939 bits per heavy atom. The number of benzene rings is 2. The molecule has 0 atom stereocenters. The van der Waals surface area contributed by atoms with Crippen LogP contribution in [0.15, 0.2) is 52.3 Å². The number of carbonyl (C=O) groups excluding carboxylic acids is 1. The van der Waals surface area contributed by atoms with E-state index in [1.807, 2.05) is 0 Å². The Bertz CT molecular complexity index is 1230. The summed E-state index contributed by atoms with van der Waals surface area (Å²) in [5, 5.41) is 2.80. The third kappa shape index (κ3) is 4.46. The fourth-order valence-electron chi connectivity index (χ4n) is 4.44. The predicted octanol–water partition coefficient (Wildman–Crippen LogP) is 4.06. The average molecular weight is 493 g/mol. The fraction of sp³-hybridized carbons (Fsp3) is 0.458. The van der Waals surface area contributed by atoms with E-state index in [0.29, 0.717) is 42.7 Å². The summed E-state index contributed by atoms with van der Waals surface area (Å²) in [6, 6.07) is 11.1. The number of aryl methyl sites for hydroxylation is 1. The Hall–Kier alpha value is -2.23. The van der Waals surface area contributed by atoms with E-state index in [1.54, 1.807) is 52.0 Å². The van der Waals surface area contributed by atoms with Gasteiger partial charge >= 0.3 is 0 Å². The molecule has 0 bridgehead atoms. The van der Waals surface area contributed by atoms with Crippen molar-refractivity contribution >= 4 is 31.5 Å². The number of hydrogen-bond donors (Lipinski definition) is 1. The average Bonchev–Trinajstić information content (AvgIpc) is 3.30. The molecule has 0 aliphatic heterocycles. The van der Waals surface area contributed by atoms with Gasteiger partial charge in [0.25, 0.3) is 0 Å². The van der Waals surface area contributed by atoms with Crippen molar-refractivity contribution < 1.29 is 21.6 Å². The maximum Gasteiger partial charge on any atom is 0.246 e. The molecule has 1 saturated carbocycles. The van der Waals surface area contributed by atoms with Crippen LogP contribution in [0, 0.1) is 13.8 Å². The highest BCUT2D eigenvalue weighted by atomic mass is 32.2. The molecular formula is C24H32N2O5S2. The molecular weight excluding hydrogens is 460 g/mol. The van der Waals surface area contributed by atoms with Gasteiger partial charge in [0.15, 0.2) is 14.6 Å². The zero-order valence-electron chi connectivity index (χ0n) is 19.6. The number of amides is 1. The van der Waals surface area contributed by atoms with E-state index < -0.39 is 30.5 Å². The first-order valence-electron chi connectivity index (χ1n) is 11.2.